The first-order chi connectivity index (χ1) is 39.0. The van der Waals surface area contributed by atoms with E-state index < -0.39 is 6.10 Å². The van der Waals surface area contributed by atoms with Crippen LogP contribution in [-0.2, 0) is 28.6 Å². The maximum Gasteiger partial charge on any atom is 0.306 e. The standard InChI is InChI=1S/C73H120O6/c1-4-7-10-13-16-19-22-25-27-28-29-30-31-32-33-34-35-36-37-38-39-40-41-42-43-44-46-48-51-54-57-60-63-66-72(75)78-69-70(68-77-71(74)65-62-59-56-53-50-47-24-21-18-15-12-9-6-3)79-73(76)67-64-61-58-55-52-49-45-26-23-20-17-14-11-8-5-2/h7,9-10,12,16,18-19,21,25,27,29-30,32-33,35-36,38-39,41-42,47,50,70H,4-6,8,11,13-15,17,20,22-24,26,28,31,34,37,40,43-46,48-49,51-69H2,1-3H3/b10-7-,12-9-,19-16-,21-18-,27-25-,30-29-,33-32-,36-35-,39-38-,42-41-,50-47-. The molecular weight excluding hydrogens is 973 g/mol. The summed E-state index contributed by atoms with van der Waals surface area (Å²) in [5.74, 6) is -0.925. The van der Waals surface area contributed by atoms with E-state index in [1.807, 2.05) is 0 Å². The summed E-state index contributed by atoms with van der Waals surface area (Å²) in [6.07, 6.45) is 93.2. The second kappa shape index (κ2) is 66.1. The van der Waals surface area contributed by atoms with Gasteiger partial charge in [-0.2, -0.15) is 0 Å². The Hall–Kier alpha value is -4.45. The largest absolute Gasteiger partial charge is 0.462 e. The highest BCUT2D eigenvalue weighted by molar-refractivity contribution is 5.71. The molecule has 0 saturated heterocycles. The third-order valence-electron chi connectivity index (χ3n) is 13.7. The number of rotatable bonds is 58. The summed E-state index contributed by atoms with van der Waals surface area (Å²) >= 11 is 0. The average Bonchev–Trinajstić information content (AvgIpc) is 3.45. The lowest BCUT2D eigenvalue weighted by Gasteiger charge is -2.18. The molecule has 0 rings (SSSR count). The number of hydrogen-bond acceptors (Lipinski definition) is 6. The highest BCUT2D eigenvalue weighted by Crippen LogP contribution is 2.16. The number of ether oxygens (including phenoxy) is 3. The normalized spacial score (nSPS) is 13.0. The van der Waals surface area contributed by atoms with Gasteiger partial charge in [-0.25, -0.2) is 0 Å². The zero-order valence-electron chi connectivity index (χ0n) is 51.3. The van der Waals surface area contributed by atoms with E-state index in [1.165, 1.54) is 109 Å². The fourth-order valence-electron chi connectivity index (χ4n) is 8.83. The van der Waals surface area contributed by atoms with E-state index in [2.05, 4.69) is 154 Å². The third kappa shape index (κ3) is 64.3. The van der Waals surface area contributed by atoms with Crippen LogP contribution in [0.5, 0.6) is 0 Å². The fourth-order valence-corrected chi connectivity index (χ4v) is 8.83. The summed E-state index contributed by atoms with van der Waals surface area (Å²) in [6.45, 7) is 6.39. The van der Waals surface area contributed by atoms with Crippen LogP contribution in [0.15, 0.2) is 134 Å². The molecule has 0 aliphatic heterocycles. The van der Waals surface area contributed by atoms with Crippen LogP contribution >= 0.6 is 0 Å². The lowest BCUT2D eigenvalue weighted by molar-refractivity contribution is -0.167. The second-order valence-electron chi connectivity index (χ2n) is 21.3. The van der Waals surface area contributed by atoms with Gasteiger partial charge >= 0.3 is 17.9 Å². The van der Waals surface area contributed by atoms with Gasteiger partial charge in [0.05, 0.1) is 0 Å². The molecule has 448 valence electrons. The van der Waals surface area contributed by atoms with Crippen molar-refractivity contribution < 1.29 is 28.6 Å². The van der Waals surface area contributed by atoms with Crippen molar-refractivity contribution in [1.82, 2.24) is 0 Å². The topological polar surface area (TPSA) is 78.9 Å². The molecule has 0 aromatic rings. The molecular formula is C73H120O6. The molecule has 0 aromatic heterocycles. The van der Waals surface area contributed by atoms with Crippen molar-refractivity contribution in [3.05, 3.63) is 134 Å². The van der Waals surface area contributed by atoms with E-state index in [9.17, 15) is 14.4 Å². The van der Waals surface area contributed by atoms with Crippen LogP contribution in [-0.4, -0.2) is 37.2 Å². The molecule has 0 amide bonds. The zero-order valence-corrected chi connectivity index (χ0v) is 51.3. The molecule has 0 N–H and O–H groups in total. The molecule has 0 aliphatic carbocycles. The van der Waals surface area contributed by atoms with E-state index in [0.29, 0.717) is 19.3 Å². The predicted molar refractivity (Wildman–Crippen MR) is 343 cm³/mol. The number of carbonyl (C=O) groups excluding carboxylic acids is 3. The Morgan fingerprint density at radius 1 is 0.266 bits per heavy atom. The van der Waals surface area contributed by atoms with Crippen LogP contribution in [0.2, 0.25) is 0 Å². The monoisotopic (exact) mass is 1090 g/mol. The van der Waals surface area contributed by atoms with Crippen molar-refractivity contribution in [3.8, 4) is 0 Å². The summed E-state index contributed by atoms with van der Waals surface area (Å²) in [6, 6.07) is 0. The van der Waals surface area contributed by atoms with Gasteiger partial charge in [-0.3, -0.25) is 14.4 Å². The van der Waals surface area contributed by atoms with Gasteiger partial charge in [0.1, 0.15) is 13.2 Å². The number of carbonyl (C=O) groups is 3. The Kier molecular flexibility index (Phi) is 62.3. The summed E-state index contributed by atoms with van der Waals surface area (Å²) in [5.41, 5.74) is 0. The Morgan fingerprint density at radius 2 is 0.494 bits per heavy atom. The van der Waals surface area contributed by atoms with Crippen LogP contribution in [0.4, 0.5) is 0 Å². The van der Waals surface area contributed by atoms with Crippen molar-refractivity contribution in [1.29, 1.82) is 0 Å². The zero-order chi connectivity index (χ0) is 57.1. The lowest BCUT2D eigenvalue weighted by Crippen LogP contribution is -2.30. The molecule has 79 heavy (non-hydrogen) atoms. The molecule has 0 aliphatic rings. The molecule has 0 spiro atoms. The van der Waals surface area contributed by atoms with Gasteiger partial charge in [0.25, 0.3) is 0 Å². The Labute approximate surface area is 487 Å². The summed E-state index contributed by atoms with van der Waals surface area (Å²) in [4.78, 5) is 38.3. The van der Waals surface area contributed by atoms with Gasteiger partial charge in [0.2, 0.25) is 0 Å². The molecule has 6 heteroatoms. The first kappa shape index (κ1) is 74.5. The van der Waals surface area contributed by atoms with Gasteiger partial charge in [-0.1, -0.05) is 289 Å². The molecule has 1 atom stereocenters. The number of esters is 3. The molecule has 0 saturated carbocycles. The molecule has 0 radical (unpaired) electrons. The Bertz CT molecular complexity index is 1680. The van der Waals surface area contributed by atoms with Crippen molar-refractivity contribution >= 4 is 17.9 Å². The van der Waals surface area contributed by atoms with Crippen LogP contribution in [0.1, 0.15) is 290 Å². The highest BCUT2D eigenvalue weighted by atomic mass is 16.6. The third-order valence-corrected chi connectivity index (χ3v) is 13.7. The smallest absolute Gasteiger partial charge is 0.306 e. The summed E-state index contributed by atoms with van der Waals surface area (Å²) in [7, 11) is 0. The van der Waals surface area contributed by atoms with Crippen molar-refractivity contribution in [2.75, 3.05) is 13.2 Å². The molecule has 0 bridgehead atoms. The quantitative estimate of drug-likeness (QED) is 0.0261. The second-order valence-corrected chi connectivity index (χ2v) is 21.3. The SMILES string of the molecule is CC/C=C\C/C=C\C/C=C\C/C=C\C/C=C\C/C=C\C/C=C\C/C=C\CCCCCCCCCCC(=O)OCC(COC(=O)CCCCC/C=C\C/C=C\C/C=C\CC)OC(=O)CCCCCCCCCCCCCCCCC. The van der Waals surface area contributed by atoms with Crippen molar-refractivity contribution in [3.63, 3.8) is 0 Å². The van der Waals surface area contributed by atoms with E-state index >= 15 is 0 Å². The Morgan fingerprint density at radius 3 is 0.785 bits per heavy atom. The van der Waals surface area contributed by atoms with Crippen LogP contribution in [0, 0.1) is 0 Å². The van der Waals surface area contributed by atoms with Gasteiger partial charge in [0, 0.05) is 19.3 Å². The maximum atomic E-state index is 12.9. The van der Waals surface area contributed by atoms with Crippen LogP contribution in [0.25, 0.3) is 0 Å². The minimum atomic E-state index is -0.796. The minimum absolute atomic E-state index is 0.0926. The summed E-state index contributed by atoms with van der Waals surface area (Å²) < 4.78 is 16.9. The van der Waals surface area contributed by atoms with Gasteiger partial charge in [-0.15, -0.1) is 0 Å². The maximum absolute atomic E-state index is 12.9. The summed E-state index contributed by atoms with van der Waals surface area (Å²) in [5, 5.41) is 0. The van der Waals surface area contributed by atoms with E-state index in [1.54, 1.807) is 0 Å². The fraction of sp³-hybridized carbons (Fsp3) is 0.658. The van der Waals surface area contributed by atoms with Gasteiger partial charge in [-0.05, 0) is 116 Å². The molecule has 1 unspecified atom stereocenters. The molecule has 6 nitrogen and oxygen atoms in total. The van der Waals surface area contributed by atoms with Crippen LogP contribution < -0.4 is 0 Å². The molecule has 0 fully saturated rings. The van der Waals surface area contributed by atoms with Crippen molar-refractivity contribution in [2.24, 2.45) is 0 Å². The predicted octanol–water partition coefficient (Wildman–Crippen LogP) is 22.5. The van der Waals surface area contributed by atoms with Gasteiger partial charge in [0.15, 0.2) is 6.10 Å². The van der Waals surface area contributed by atoms with E-state index in [4.69, 9.17) is 14.2 Å². The van der Waals surface area contributed by atoms with Crippen molar-refractivity contribution in [2.45, 2.75) is 297 Å². The first-order valence-corrected chi connectivity index (χ1v) is 32.7. The Balaban J connectivity index is 4.28. The highest BCUT2D eigenvalue weighted by Gasteiger charge is 2.19. The first-order valence-electron chi connectivity index (χ1n) is 32.7. The van der Waals surface area contributed by atoms with Gasteiger partial charge < -0.3 is 14.2 Å². The number of allylic oxidation sites excluding steroid dienone is 22. The van der Waals surface area contributed by atoms with E-state index in [0.717, 1.165) is 141 Å². The number of hydrogen-bond donors (Lipinski definition) is 0. The van der Waals surface area contributed by atoms with Crippen LogP contribution in [0.3, 0.4) is 0 Å². The lowest BCUT2D eigenvalue weighted by atomic mass is 10.0. The van der Waals surface area contributed by atoms with E-state index in [-0.39, 0.29) is 31.1 Å². The number of unbranched alkanes of at least 4 members (excludes halogenated alkanes) is 25. The molecule has 0 heterocycles. The minimum Gasteiger partial charge on any atom is -0.462 e. The average molecular weight is 1090 g/mol. The molecule has 0 aromatic carbocycles.